The van der Waals surface area contributed by atoms with E-state index in [0.717, 1.165) is 47.3 Å². The van der Waals surface area contributed by atoms with Gasteiger partial charge in [-0.25, -0.2) is 14.1 Å². The number of azo groups is 1. The molecule has 0 radical (unpaired) electrons. The SMILES string of the molecule is O=C1N=NC(Cc2ccc(F)c(N3C(=O)CNC3=O)c2)C2=C1CCCC2. The van der Waals surface area contributed by atoms with Crippen LogP contribution in [-0.2, 0) is 16.0 Å². The molecule has 2 aliphatic heterocycles. The zero-order valence-corrected chi connectivity index (χ0v) is 14.0. The van der Waals surface area contributed by atoms with E-state index in [-0.39, 0.29) is 24.2 Å². The van der Waals surface area contributed by atoms with Crippen molar-refractivity contribution in [2.24, 2.45) is 10.2 Å². The van der Waals surface area contributed by atoms with E-state index in [0.29, 0.717) is 6.42 Å². The largest absolute Gasteiger partial charge is 0.329 e. The lowest BCUT2D eigenvalue weighted by Crippen LogP contribution is -2.31. The Labute approximate surface area is 149 Å². The Morgan fingerprint density at radius 3 is 2.77 bits per heavy atom. The molecule has 1 atom stereocenters. The van der Waals surface area contributed by atoms with Crippen LogP contribution in [0.5, 0.6) is 0 Å². The predicted octanol–water partition coefficient (Wildman–Crippen LogP) is 2.66. The molecule has 1 N–H and O–H groups in total. The van der Waals surface area contributed by atoms with E-state index < -0.39 is 17.8 Å². The summed E-state index contributed by atoms with van der Waals surface area (Å²) in [6, 6.07) is 3.44. The molecule has 3 aliphatic rings. The fourth-order valence-electron chi connectivity index (χ4n) is 3.70. The first-order valence-electron chi connectivity index (χ1n) is 8.61. The van der Waals surface area contributed by atoms with Gasteiger partial charge in [-0.3, -0.25) is 9.59 Å². The van der Waals surface area contributed by atoms with Gasteiger partial charge in [0.15, 0.2) is 0 Å². The van der Waals surface area contributed by atoms with Gasteiger partial charge in [0.1, 0.15) is 5.82 Å². The minimum absolute atomic E-state index is 0.0656. The van der Waals surface area contributed by atoms with Crippen molar-refractivity contribution in [3.8, 4) is 0 Å². The minimum Gasteiger partial charge on any atom is -0.328 e. The van der Waals surface area contributed by atoms with Crippen LogP contribution >= 0.6 is 0 Å². The highest BCUT2D eigenvalue weighted by atomic mass is 19.1. The molecule has 0 aromatic heterocycles. The standard InChI is InChI=1S/C18H17FN4O3/c19-13-6-5-10(8-15(13)23-16(24)9-20-18(23)26)7-14-11-3-1-2-4-12(11)17(25)22-21-14/h5-6,8,14H,1-4,7,9H2,(H,20,26). The normalized spacial score (nSPS) is 22.7. The monoisotopic (exact) mass is 356 g/mol. The molecular formula is C18H17FN4O3. The number of urea groups is 1. The summed E-state index contributed by atoms with van der Waals surface area (Å²) in [5, 5.41) is 10.3. The number of amides is 4. The molecule has 1 aliphatic carbocycles. The number of carbonyl (C=O) groups excluding carboxylic acids is 3. The van der Waals surface area contributed by atoms with Gasteiger partial charge in [-0.1, -0.05) is 6.07 Å². The molecule has 0 bridgehead atoms. The third-order valence-corrected chi connectivity index (χ3v) is 4.98. The molecule has 26 heavy (non-hydrogen) atoms. The second kappa shape index (κ2) is 6.44. The van der Waals surface area contributed by atoms with Gasteiger partial charge in [0, 0.05) is 12.0 Å². The van der Waals surface area contributed by atoms with Gasteiger partial charge in [0.2, 0.25) is 0 Å². The quantitative estimate of drug-likeness (QED) is 0.844. The van der Waals surface area contributed by atoms with E-state index in [1.54, 1.807) is 6.07 Å². The fourth-order valence-corrected chi connectivity index (χ4v) is 3.70. The summed E-state index contributed by atoms with van der Waals surface area (Å²) in [4.78, 5) is 36.4. The van der Waals surface area contributed by atoms with Crippen LogP contribution in [0.4, 0.5) is 14.9 Å². The second-order valence-corrected chi connectivity index (χ2v) is 6.63. The van der Waals surface area contributed by atoms with E-state index in [9.17, 15) is 18.8 Å². The first-order chi connectivity index (χ1) is 12.5. The summed E-state index contributed by atoms with van der Waals surface area (Å²) >= 11 is 0. The number of halogens is 1. The number of hydrogen-bond donors (Lipinski definition) is 1. The molecule has 134 valence electrons. The number of hydrogen-bond acceptors (Lipinski definition) is 4. The lowest BCUT2D eigenvalue weighted by atomic mass is 9.84. The number of anilines is 1. The average Bonchev–Trinajstić information content (AvgIpc) is 2.98. The molecule has 1 saturated heterocycles. The summed E-state index contributed by atoms with van der Waals surface area (Å²) < 4.78 is 14.2. The molecule has 8 heteroatoms. The Morgan fingerprint density at radius 1 is 1.19 bits per heavy atom. The van der Waals surface area contributed by atoms with Crippen LogP contribution in [0.3, 0.4) is 0 Å². The van der Waals surface area contributed by atoms with Crippen LogP contribution in [0.1, 0.15) is 31.2 Å². The van der Waals surface area contributed by atoms with Crippen molar-refractivity contribution >= 4 is 23.5 Å². The summed E-state index contributed by atoms with van der Waals surface area (Å²) in [6.07, 6.45) is 3.95. The van der Waals surface area contributed by atoms with Crippen LogP contribution in [0, 0.1) is 5.82 Å². The summed E-state index contributed by atoms with van der Waals surface area (Å²) in [5.74, 6) is -1.39. The highest BCUT2D eigenvalue weighted by Crippen LogP contribution is 2.34. The maximum atomic E-state index is 14.2. The number of benzene rings is 1. The van der Waals surface area contributed by atoms with Crippen LogP contribution in [-0.4, -0.2) is 30.4 Å². The molecule has 4 rings (SSSR count). The molecule has 1 aromatic rings. The van der Waals surface area contributed by atoms with Gasteiger partial charge >= 0.3 is 6.03 Å². The van der Waals surface area contributed by atoms with Gasteiger partial charge in [0.25, 0.3) is 11.8 Å². The van der Waals surface area contributed by atoms with E-state index in [4.69, 9.17) is 0 Å². The highest BCUT2D eigenvalue weighted by molar-refractivity contribution is 6.19. The molecule has 7 nitrogen and oxygen atoms in total. The molecule has 0 spiro atoms. The molecule has 1 fully saturated rings. The van der Waals surface area contributed by atoms with Gasteiger partial charge in [-0.2, -0.15) is 5.11 Å². The van der Waals surface area contributed by atoms with Crippen molar-refractivity contribution in [3.05, 3.63) is 40.7 Å². The maximum absolute atomic E-state index is 14.2. The number of nitrogens with one attached hydrogen (secondary N) is 1. The van der Waals surface area contributed by atoms with Gasteiger partial charge in [-0.05, 0) is 49.0 Å². The zero-order chi connectivity index (χ0) is 18.3. The van der Waals surface area contributed by atoms with Crippen LogP contribution < -0.4 is 10.2 Å². The Morgan fingerprint density at radius 2 is 2.00 bits per heavy atom. The Bertz CT molecular complexity index is 861. The topological polar surface area (TPSA) is 91.2 Å². The second-order valence-electron chi connectivity index (χ2n) is 6.63. The van der Waals surface area contributed by atoms with Crippen molar-refractivity contribution in [1.29, 1.82) is 0 Å². The Balaban J connectivity index is 1.63. The smallest absolute Gasteiger partial charge is 0.328 e. The predicted molar refractivity (Wildman–Crippen MR) is 90.1 cm³/mol. The number of rotatable bonds is 3. The number of nitrogens with zero attached hydrogens (tertiary/aromatic N) is 3. The molecule has 1 aromatic carbocycles. The molecule has 4 amide bonds. The lowest BCUT2D eigenvalue weighted by molar-refractivity contribution is -0.116. The fraction of sp³-hybridized carbons (Fsp3) is 0.389. The maximum Gasteiger partial charge on any atom is 0.329 e. The van der Waals surface area contributed by atoms with Crippen molar-refractivity contribution in [2.45, 2.75) is 38.1 Å². The first-order valence-corrected chi connectivity index (χ1v) is 8.61. The minimum atomic E-state index is -0.642. The van der Waals surface area contributed by atoms with E-state index >= 15 is 0 Å². The van der Waals surface area contributed by atoms with Crippen molar-refractivity contribution in [2.75, 3.05) is 11.4 Å². The highest BCUT2D eigenvalue weighted by Gasteiger charge is 2.33. The summed E-state index contributed by atoms with van der Waals surface area (Å²) in [6.45, 7) is -0.141. The van der Waals surface area contributed by atoms with Crippen molar-refractivity contribution in [3.63, 3.8) is 0 Å². The lowest BCUT2D eigenvalue weighted by Gasteiger charge is -2.26. The van der Waals surface area contributed by atoms with Crippen LogP contribution in [0.15, 0.2) is 39.6 Å². The zero-order valence-electron chi connectivity index (χ0n) is 14.0. The Hall–Kier alpha value is -2.90. The van der Waals surface area contributed by atoms with Crippen LogP contribution in [0.25, 0.3) is 0 Å². The third-order valence-electron chi connectivity index (χ3n) is 4.98. The van der Waals surface area contributed by atoms with E-state index in [1.807, 2.05) is 0 Å². The van der Waals surface area contributed by atoms with Gasteiger partial charge in [0.05, 0.1) is 18.3 Å². The van der Waals surface area contributed by atoms with Crippen LogP contribution in [0.2, 0.25) is 0 Å². The summed E-state index contributed by atoms with van der Waals surface area (Å²) in [5.41, 5.74) is 2.43. The van der Waals surface area contributed by atoms with E-state index in [2.05, 4.69) is 15.5 Å². The van der Waals surface area contributed by atoms with Gasteiger partial charge in [-0.15, -0.1) is 5.11 Å². The molecule has 1 unspecified atom stereocenters. The van der Waals surface area contributed by atoms with E-state index in [1.165, 1.54) is 12.1 Å². The van der Waals surface area contributed by atoms with Crippen molar-refractivity contribution < 1.29 is 18.8 Å². The summed E-state index contributed by atoms with van der Waals surface area (Å²) in [7, 11) is 0. The first kappa shape index (κ1) is 16.6. The third kappa shape index (κ3) is 2.81. The Kier molecular flexibility index (Phi) is 4.10. The number of carbonyl (C=O) groups is 3. The van der Waals surface area contributed by atoms with Crippen molar-refractivity contribution in [1.82, 2.24) is 5.32 Å². The number of imide groups is 1. The molecular weight excluding hydrogens is 339 g/mol. The average molecular weight is 356 g/mol. The molecule has 0 saturated carbocycles. The molecule has 2 heterocycles. The van der Waals surface area contributed by atoms with Gasteiger partial charge < -0.3 is 5.32 Å².